The average Bonchev–Trinajstić information content (AvgIpc) is 4.19. The van der Waals surface area contributed by atoms with Crippen molar-refractivity contribution in [1.29, 1.82) is 0 Å². The summed E-state index contributed by atoms with van der Waals surface area (Å²) < 4.78 is 106. The van der Waals surface area contributed by atoms with E-state index in [1.807, 2.05) is 0 Å². The molecule has 4 saturated carbocycles. The van der Waals surface area contributed by atoms with Gasteiger partial charge in [-0.3, -0.25) is 24.0 Å². The molecule has 4 aromatic carbocycles. The maximum Gasteiger partial charge on any atom is 0.254 e. The molecule has 0 spiro atoms. The fourth-order valence-corrected chi connectivity index (χ4v) is 12.6. The van der Waals surface area contributed by atoms with Crippen LogP contribution in [0.4, 0.5) is 17.6 Å². The molecule has 0 bridgehead atoms. The van der Waals surface area contributed by atoms with Crippen LogP contribution >= 0.6 is 0 Å². The van der Waals surface area contributed by atoms with Crippen molar-refractivity contribution in [3.05, 3.63) is 129 Å². The number of hydrogen-bond acceptors (Lipinski definition) is 10. The summed E-state index contributed by atoms with van der Waals surface area (Å²) in [7, 11) is -7.05. The Labute approximate surface area is 420 Å². The van der Waals surface area contributed by atoms with Crippen LogP contribution < -0.4 is 10.6 Å². The summed E-state index contributed by atoms with van der Waals surface area (Å²) in [6, 6.07) is 12.1. The van der Waals surface area contributed by atoms with Gasteiger partial charge in [0.25, 0.3) is 11.8 Å². The number of sulfone groups is 2. The molecule has 4 amide bonds. The number of amides is 4. The smallest absolute Gasteiger partial charge is 0.254 e. The number of Topliss-reactive ketones (excluding diaryl/α,β-unsaturated/α-hetero) is 1. The summed E-state index contributed by atoms with van der Waals surface area (Å²) in [6.07, 6.45) is 5.40. The van der Waals surface area contributed by atoms with Crippen LogP contribution in [0.25, 0.3) is 0 Å². The number of nitrogens with one attached hydrogen (secondary N) is 2. The van der Waals surface area contributed by atoms with Gasteiger partial charge in [0.15, 0.2) is 19.7 Å². The quantitative estimate of drug-likeness (QED) is 0.133. The van der Waals surface area contributed by atoms with Gasteiger partial charge in [-0.15, -0.1) is 0 Å². The molecule has 0 aromatic heterocycles. The van der Waals surface area contributed by atoms with Crippen molar-refractivity contribution in [1.82, 2.24) is 20.4 Å². The molecule has 0 unspecified atom stereocenters. The molecule has 388 valence electrons. The fraction of sp³-hybridized carbons (Fsp3) is 0.453. The molecule has 10 rings (SSSR count). The Morgan fingerprint density at radius 1 is 0.616 bits per heavy atom. The van der Waals surface area contributed by atoms with Gasteiger partial charge in [-0.1, -0.05) is 12.1 Å². The number of aliphatic hydroxyl groups is 1. The summed E-state index contributed by atoms with van der Waals surface area (Å²) in [5, 5.41) is 16.0. The number of ketones is 1. The van der Waals surface area contributed by atoms with E-state index in [2.05, 4.69) is 10.6 Å². The lowest BCUT2D eigenvalue weighted by atomic mass is 9.67. The Bertz CT molecular complexity index is 3190. The monoisotopic (exact) mass is 1050 g/mol. The number of benzene rings is 4. The second-order valence-electron chi connectivity index (χ2n) is 21.2. The summed E-state index contributed by atoms with van der Waals surface area (Å²) >= 11 is 0. The number of carbonyl (C=O) groups is 5. The third-order valence-electron chi connectivity index (χ3n) is 15.4. The first kappa shape index (κ1) is 51.9. The van der Waals surface area contributed by atoms with E-state index >= 15 is 0 Å². The fourth-order valence-electron chi connectivity index (χ4n) is 11.2. The van der Waals surface area contributed by atoms with Crippen LogP contribution in [0.2, 0.25) is 0 Å². The van der Waals surface area contributed by atoms with Crippen molar-refractivity contribution in [2.45, 2.75) is 124 Å². The largest absolute Gasteiger partial charge is 0.390 e. The number of fused-ring (bicyclic) bond motifs is 2. The van der Waals surface area contributed by atoms with E-state index in [0.29, 0.717) is 25.7 Å². The van der Waals surface area contributed by atoms with Crippen molar-refractivity contribution in [2.24, 2.45) is 23.7 Å². The lowest BCUT2D eigenvalue weighted by molar-refractivity contribution is -0.131. The first-order valence-electron chi connectivity index (χ1n) is 24.2. The molecule has 3 N–H and O–H groups in total. The summed E-state index contributed by atoms with van der Waals surface area (Å²) in [5.41, 5.74) is -0.340. The van der Waals surface area contributed by atoms with E-state index in [9.17, 15) is 63.5 Å². The predicted octanol–water partition coefficient (Wildman–Crippen LogP) is 6.41. The minimum absolute atomic E-state index is 0.00693. The Morgan fingerprint density at radius 3 is 1.38 bits per heavy atom. The number of piperidine rings is 2. The number of aryl methyl sites for hydroxylation is 2. The number of carbonyl (C=O) groups excluding carboxylic acids is 5. The standard InChI is InChI=1S/C27H30F2N2O5S.C26H26F2N2O5S/c1-14-7-21(29)19(11-20(14)28)24(17-12-27(2,34)13-17)30-25(32)23-10-16-9-22(16)31(23)26(33)15-5-4-6-18(8-15)37(3,35)36;1-13-6-21(28)19(12-20(13)27)24(16-7-17(31)8-16)29-25(32)23-11-15-10-22(15)30(23)26(33)14-4-3-5-18(9-14)36(2,34)35/h4-8,11,16-17,22-24,34H,9-10,12-13H2,1-3H3,(H,30,32);3-6,9,12,15-16,22-24H,7-8,10-11H2,1-2H3,(H,29,32)/t16-,17?,22-,23-,24-,27?;15-,22-,23-,24-/m11/s1. The van der Waals surface area contributed by atoms with E-state index < -0.39 is 96.3 Å². The molecule has 6 aliphatic rings. The van der Waals surface area contributed by atoms with E-state index in [-0.39, 0.29) is 97.6 Å². The predicted molar refractivity (Wildman–Crippen MR) is 257 cm³/mol. The summed E-state index contributed by atoms with van der Waals surface area (Å²) in [4.78, 5) is 68.6. The number of hydrogen-bond donors (Lipinski definition) is 3. The van der Waals surface area contributed by atoms with E-state index in [1.54, 1.807) is 6.92 Å². The highest BCUT2D eigenvalue weighted by molar-refractivity contribution is 7.91. The van der Waals surface area contributed by atoms with Crippen molar-refractivity contribution >= 4 is 49.1 Å². The third-order valence-corrected chi connectivity index (χ3v) is 17.7. The van der Waals surface area contributed by atoms with Crippen molar-refractivity contribution in [3.63, 3.8) is 0 Å². The molecule has 2 heterocycles. The van der Waals surface area contributed by atoms with Crippen LogP contribution in [-0.4, -0.2) is 103 Å². The van der Waals surface area contributed by atoms with Crippen LogP contribution in [-0.2, 0) is 34.1 Å². The van der Waals surface area contributed by atoms with Gasteiger partial charge in [0.05, 0.1) is 27.5 Å². The van der Waals surface area contributed by atoms with Crippen LogP contribution in [0.15, 0.2) is 82.6 Å². The van der Waals surface area contributed by atoms with Gasteiger partial charge in [-0.05, 0) is 155 Å². The highest BCUT2D eigenvalue weighted by atomic mass is 32.2. The topological polar surface area (TPSA) is 204 Å². The van der Waals surface area contributed by atoms with Gasteiger partial charge in [0.2, 0.25) is 11.8 Å². The second-order valence-corrected chi connectivity index (χ2v) is 25.3. The lowest BCUT2D eigenvalue weighted by Crippen LogP contribution is -2.52. The molecule has 2 aliphatic heterocycles. The number of nitrogens with zero attached hydrogens (tertiary/aromatic N) is 2. The normalized spacial score (nSPS) is 26.8. The maximum atomic E-state index is 15.0. The molecular weight excluding hydrogens is 993 g/mol. The van der Waals surface area contributed by atoms with Crippen LogP contribution in [0, 0.1) is 60.8 Å². The van der Waals surface area contributed by atoms with Gasteiger partial charge in [0.1, 0.15) is 41.1 Å². The summed E-state index contributed by atoms with van der Waals surface area (Å²) in [5.74, 6) is -4.75. The first-order valence-corrected chi connectivity index (χ1v) is 28.0. The SMILES string of the molecule is Cc1cc(F)c([C@H](NC(=O)[C@H]2C[C@H]3C[C@H]3N2C(=O)c2cccc(S(C)(=O)=O)c2)C2CC(=O)C2)cc1F.Cc1cc(F)c([C@H](NC(=O)[C@H]2C[C@H]3C[C@H]3N2C(=O)c2cccc(S(C)(=O)=O)c2)C2CC(C)(O)C2)cc1F. The Balaban J connectivity index is 0.000000180. The highest BCUT2D eigenvalue weighted by Gasteiger charge is 2.58. The Morgan fingerprint density at radius 2 is 1.01 bits per heavy atom. The minimum Gasteiger partial charge on any atom is -0.390 e. The lowest BCUT2D eigenvalue weighted by Gasteiger charge is -2.45. The first-order chi connectivity index (χ1) is 34.2. The number of halogens is 4. The van der Waals surface area contributed by atoms with Gasteiger partial charge in [0, 0.05) is 59.7 Å². The molecular formula is C53H56F4N4O10S2. The zero-order valence-corrected chi connectivity index (χ0v) is 42.3. The van der Waals surface area contributed by atoms with Crippen molar-refractivity contribution < 1.29 is 63.5 Å². The van der Waals surface area contributed by atoms with Crippen LogP contribution in [0.3, 0.4) is 0 Å². The van der Waals surface area contributed by atoms with E-state index in [0.717, 1.165) is 49.6 Å². The Kier molecular flexibility index (Phi) is 13.5. The zero-order chi connectivity index (χ0) is 52.8. The highest BCUT2D eigenvalue weighted by Crippen LogP contribution is 2.51. The average molecular weight is 1050 g/mol. The molecule has 14 nitrogen and oxygen atoms in total. The maximum absolute atomic E-state index is 15.0. The van der Waals surface area contributed by atoms with Gasteiger partial charge < -0.3 is 25.5 Å². The second kappa shape index (κ2) is 19.1. The molecule has 4 aliphatic carbocycles. The molecule has 0 radical (unpaired) electrons. The molecule has 73 heavy (non-hydrogen) atoms. The van der Waals surface area contributed by atoms with Gasteiger partial charge >= 0.3 is 0 Å². The Hall–Kier alpha value is -5.99. The van der Waals surface area contributed by atoms with Crippen LogP contribution in [0.5, 0.6) is 0 Å². The molecule has 4 aromatic rings. The molecule has 6 fully saturated rings. The molecule has 2 saturated heterocycles. The van der Waals surface area contributed by atoms with E-state index in [4.69, 9.17) is 0 Å². The van der Waals surface area contributed by atoms with Gasteiger partial charge in [-0.2, -0.15) is 0 Å². The zero-order valence-electron chi connectivity index (χ0n) is 40.7. The number of rotatable bonds is 12. The number of likely N-dealkylation sites (tertiary alicyclic amines) is 2. The van der Waals surface area contributed by atoms with Crippen molar-refractivity contribution in [2.75, 3.05) is 12.5 Å². The minimum atomic E-state index is -3.53. The molecule has 20 heteroatoms. The summed E-state index contributed by atoms with van der Waals surface area (Å²) in [6.45, 7) is 4.55. The third kappa shape index (κ3) is 10.6. The van der Waals surface area contributed by atoms with Crippen molar-refractivity contribution in [3.8, 4) is 0 Å². The van der Waals surface area contributed by atoms with Gasteiger partial charge in [-0.25, -0.2) is 34.4 Å². The van der Waals surface area contributed by atoms with E-state index in [1.165, 1.54) is 72.2 Å². The molecule has 8 atom stereocenters. The van der Waals surface area contributed by atoms with Crippen LogP contribution in [0.1, 0.15) is 113 Å².